The van der Waals surface area contributed by atoms with Crippen LogP contribution in [0.2, 0.25) is 0 Å². The van der Waals surface area contributed by atoms with Crippen LogP contribution in [0.25, 0.3) is 11.1 Å². The van der Waals surface area contributed by atoms with Crippen LogP contribution in [-0.4, -0.2) is 24.6 Å². The standard InChI is InChI=1S/C29H24N2O5/c1-2-35-29(34)36-26-18-12-23(13-19-26)28(33)31-25-16-14-24(15-17-25)30-27(32)22-10-8-21(9-11-22)20-6-4-3-5-7-20/h3-19H,2H2,1H3,(H,30,32)(H,31,33). The Hall–Kier alpha value is -4.91. The predicted molar refractivity (Wildman–Crippen MR) is 138 cm³/mol. The van der Waals surface area contributed by atoms with Gasteiger partial charge >= 0.3 is 6.16 Å². The third-order valence-electron chi connectivity index (χ3n) is 5.23. The predicted octanol–water partition coefficient (Wildman–Crippen LogP) is 6.39. The number of ether oxygens (including phenoxy) is 2. The minimum Gasteiger partial charge on any atom is -0.434 e. The minimum absolute atomic E-state index is 0.212. The Labute approximate surface area is 208 Å². The zero-order chi connectivity index (χ0) is 25.3. The Morgan fingerprint density at radius 3 is 1.58 bits per heavy atom. The Morgan fingerprint density at radius 2 is 1.08 bits per heavy atom. The lowest BCUT2D eigenvalue weighted by atomic mass is 10.0. The molecule has 0 aliphatic carbocycles. The van der Waals surface area contributed by atoms with Gasteiger partial charge in [-0.3, -0.25) is 9.59 Å². The first-order valence-electron chi connectivity index (χ1n) is 11.3. The van der Waals surface area contributed by atoms with E-state index in [1.807, 2.05) is 42.5 Å². The van der Waals surface area contributed by atoms with Crippen LogP contribution in [0, 0.1) is 0 Å². The van der Waals surface area contributed by atoms with Crippen molar-refractivity contribution in [2.24, 2.45) is 0 Å². The van der Waals surface area contributed by atoms with Gasteiger partial charge in [0.2, 0.25) is 0 Å². The van der Waals surface area contributed by atoms with Gasteiger partial charge < -0.3 is 20.1 Å². The third-order valence-corrected chi connectivity index (χ3v) is 5.23. The molecule has 4 aromatic rings. The molecule has 4 aromatic carbocycles. The van der Waals surface area contributed by atoms with E-state index in [1.165, 1.54) is 12.1 Å². The van der Waals surface area contributed by atoms with Crippen LogP contribution in [0.4, 0.5) is 16.2 Å². The molecule has 0 aromatic heterocycles. The molecule has 0 radical (unpaired) electrons. The maximum atomic E-state index is 12.6. The van der Waals surface area contributed by atoms with Crippen LogP contribution >= 0.6 is 0 Å². The SMILES string of the molecule is CCOC(=O)Oc1ccc(C(=O)Nc2ccc(NC(=O)c3ccc(-c4ccccc4)cc3)cc2)cc1. The zero-order valence-electron chi connectivity index (χ0n) is 19.6. The number of carbonyl (C=O) groups excluding carboxylic acids is 3. The van der Waals surface area contributed by atoms with E-state index < -0.39 is 6.16 Å². The molecule has 36 heavy (non-hydrogen) atoms. The fraction of sp³-hybridized carbons (Fsp3) is 0.0690. The molecular weight excluding hydrogens is 456 g/mol. The molecule has 2 amide bonds. The van der Waals surface area contributed by atoms with Gasteiger partial charge in [-0.2, -0.15) is 0 Å². The van der Waals surface area contributed by atoms with Crippen molar-refractivity contribution in [1.82, 2.24) is 0 Å². The highest BCUT2D eigenvalue weighted by Gasteiger charge is 2.10. The topological polar surface area (TPSA) is 93.7 Å². The molecule has 0 saturated carbocycles. The summed E-state index contributed by atoms with van der Waals surface area (Å²) in [5, 5.41) is 5.65. The van der Waals surface area contributed by atoms with E-state index in [4.69, 9.17) is 9.47 Å². The van der Waals surface area contributed by atoms with Gasteiger partial charge in [0, 0.05) is 22.5 Å². The van der Waals surface area contributed by atoms with Crippen LogP contribution in [0.15, 0.2) is 103 Å². The molecule has 0 bridgehead atoms. The van der Waals surface area contributed by atoms with E-state index >= 15 is 0 Å². The summed E-state index contributed by atoms with van der Waals surface area (Å²) in [5.41, 5.74) is 4.23. The average molecular weight is 481 g/mol. The summed E-state index contributed by atoms with van der Waals surface area (Å²) in [6.07, 6.45) is -0.800. The quantitative estimate of drug-likeness (QED) is 0.236. The van der Waals surface area contributed by atoms with Gasteiger partial charge in [-0.15, -0.1) is 0 Å². The Balaban J connectivity index is 1.32. The molecule has 0 aliphatic heterocycles. The van der Waals surface area contributed by atoms with Gasteiger partial charge in [0.15, 0.2) is 0 Å². The summed E-state index contributed by atoms with van der Waals surface area (Å²) in [6.45, 7) is 1.89. The number of hydrogen-bond donors (Lipinski definition) is 2. The van der Waals surface area contributed by atoms with Crippen LogP contribution in [0.3, 0.4) is 0 Å². The van der Waals surface area contributed by atoms with E-state index in [0.717, 1.165) is 11.1 Å². The molecule has 7 nitrogen and oxygen atoms in total. The summed E-state index contributed by atoms with van der Waals surface area (Å²) in [7, 11) is 0. The van der Waals surface area contributed by atoms with Crippen molar-refractivity contribution in [3.63, 3.8) is 0 Å². The van der Waals surface area contributed by atoms with E-state index in [0.29, 0.717) is 22.5 Å². The normalized spacial score (nSPS) is 10.2. The summed E-state index contributed by atoms with van der Waals surface area (Å²) in [5.74, 6) is -0.274. The monoisotopic (exact) mass is 480 g/mol. The van der Waals surface area contributed by atoms with Gasteiger partial charge in [0.1, 0.15) is 5.75 Å². The Bertz CT molecular complexity index is 1330. The molecule has 7 heteroatoms. The number of nitrogens with one attached hydrogen (secondary N) is 2. The van der Waals surface area contributed by atoms with Crippen LogP contribution < -0.4 is 15.4 Å². The molecule has 0 saturated heterocycles. The van der Waals surface area contributed by atoms with Crippen molar-refractivity contribution in [1.29, 1.82) is 0 Å². The number of carbonyl (C=O) groups is 3. The highest BCUT2D eigenvalue weighted by atomic mass is 16.7. The third kappa shape index (κ3) is 6.36. The Morgan fingerprint density at radius 1 is 0.611 bits per heavy atom. The lowest BCUT2D eigenvalue weighted by Crippen LogP contribution is -2.13. The Kier molecular flexibility index (Phi) is 7.73. The first-order valence-corrected chi connectivity index (χ1v) is 11.3. The molecule has 0 aliphatic rings. The van der Waals surface area contributed by atoms with Crippen LogP contribution in [-0.2, 0) is 4.74 Å². The largest absolute Gasteiger partial charge is 0.513 e. The van der Waals surface area contributed by atoms with Crippen LogP contribution in [0.1, 0.15) is 27.6 Å². The summed E-state index contributed by atoms with van der Waals surface area (Å²) in [4.78, 5) is 36.5. The van der Waals surface area contributed by atoms with Gasteiger partial charge in [0.25, 0.3) is 11.8 Å². The maximum absolute atomic E-state index is 12.6. The van der Waals surface area contributed by atoms with Gasteiger partial charge in [-0.05, 0) is 78.7 Å². The number of anilines is 2. The number of benzene rings is 4. The second-order valence-electron chi connectivity index (χ2n) is 7.74. The molecule has 0 atom stereocenters. The number of hydrogen-bond acceptors (Lipinski definition) is 5. The lowest BCUT2D eigenvalue weighted by Gasteiger charge is -2.09. The molecule has 0 unspecified atom stereocenters. The van der Waals surface area contributed by atoms with Crippen molar-refractivity contribution in [2.45, 2.75) is 6.92 Å². The second kappa shape index (κ2) is 11.5. The van der Waals surface area contributed by atoms with E-state index in [-0.39, 0.29) is 24.2 Å². The number of amides is 2. The van der Waals surface area contributed by atoms with Crippen molar-refractivity contribution < 1.29 is 23.9 Å². The smallest absolute Gasteiger partial charge is 0.434 e. The van der Waals surface area contributed by atoms with E-state index in [1.54, 1.807) is 55.5 Å². The molecule has 4 rings (SSSR count). The fourth-order valence-electron chi connectivity index (χ4n) is 3.41. The van der Waals surface area contributed by atoms with Gasteiger partial charge in [0.05, 0.1) is 6.61 Å². The lowest BCUT2D eigenvalue weighted by molar-refractivity contribution is 0.101. The molecule has 2 N–H and O–H groups in total. The van der Waals surface area contributed by atoms with Crippen molar-refractivity contribution in [3.8, 4) is 16.9 Å². The highest BCUT2D eigenvalue weighted by molar-refractivity contribution is 6.06. The first-order chi connectivity index (χ1) is 17.5. The van der Waals surface area contributed by atoms with Crippen molar-refractivity contribution in [2.75, 3.05) is 17.2 Å². The first kappa shape index (κ1) is 24.2. The fourth-order valence-corrected chi connectivity index (χ4v) is 3.41. The van der Waals surface area contributed by atoms with Crippen molar-refractivity contribution >= 4 is 29.3 Å². The second-order valence-corrected chi connectivity index (χ2v) is 7.74. The molecule has 0 fully saturated rings. The molecule has 0 heterocycles. The van der Waals surface area contributed by atoms with Crippen molar-refractivity contribution in [3.05, 3.63) is 114 Å². The molecule has 0 spiro atoms. The van der Waals surface area contributed by atoms with Gasteiger partial charge in [-0.25, -0.2) is 4.79 Å². The van der Waals surface area contributed by atoms with E-state index in [2.05, 4.69) is 10.6 Å². The van der Waals surface area contributed by atoms with E-state index in [9.17, 15) is 14.4 Å². The maximum Gasteiger partial charge on any atom is 0.513 e. The number of rotatable bonds is 7. The minimum atomic E-state index is -0.800. The summed E-state index contributed by atoms with van der Waals surface area (Å²) in [6, 6.07) is 30.3. The molecule has 180 valence electrons. The zero-order valence-corrected chi connectivity index (χ0v) is 19.6. The summed E-state index contributed by atoms with van der Waals surface area (Å²) < 4.78 is 9.70. The summed E-state index contributed by atoms with van der Waals surface area (Å²) >= 11 is 0. The average Bonchev–Trinajstić information content (AvgIpc) is 2.91. The highest BCUT2D eigenvalue weighted by Crippen LogP contribution is 2.21. The van der Waals surface area contributed by atoms with Gasteiger partial charge in [-0.1, -0.05) is 42.5 Å². The molecular formula is C29H24N2O5. The van der Waals surface area contributed by atoms with Crippen LogP contribution in [0.5, 0.6) is 5.75 Å².